The third kappa shape index (κ3) is 4.52. The van der Waals surface area contributed by atoms with Crippen molar-refractivity contribution in [2.45, 2.75) is 6.18 Å². The molecule has 0 aliphatic rings. The molecule has 0 fully saturated rings. The molecule has 31 heavy (non-hydrogen) atoms. The summed E-state index contributed by atoms with van der Waals surface area (Å²) in [6.45, 7) is 0. The zero-order valence-corrected chi connectivity index (χ0v) is 16.6. The van der Waals surface area contributed by atoms with Crippen LogP contribution in [0, 0.1) is 0 Å². The molecule has 4 heterocycles. The molecule has 0 aliphatic carbocycles. The zero-order chi connectivity index (χ0) is 22.2. The number of imidazole rings is 1. The maximum Gasteiger partial charge on any atom is 0.416 e. The summed E-state index contributed by atoms with van der Waals surface area (Å²) < 4.78 is 38.5. The van der Waals surface area contributed by atoms with Crippen molar-refractivity contribution in [3.8, 4) is 0 Å². The highest BCUT2D eigenvalue weighted by Crippen LogP contribution is 2.32. The number of carbonyl (C=O) groups is 1. The first kappa shape index (κ1) is 20.8. The minimum atomic E-state index is -4.56. The topological polar surface area (TPSA) is 108 Å². The van der Waals surface area contributed by atoms with Gasteiger partial charge in [0.25, 0.3) is 5.91 Å². The van der Waals surface area contributed by atoms with Gasteiger partial charge in [-0.2, -0.15) is 13.2 Å². The largest absolute Gasteiger partial charge is 0.416 e. The van der Waals surface area contributed by atoms with Crippen molar-refractivity contribution < 1.29 is 18.0 Å². The lowest BCUT2D eigenvalue weighted by Gasteiger charge is -2.08. The van der Waals surface area contributed by atoms with Gasteiger partial charge in [0.1, 0.15) is 17.0 Å². The van der Waals surface area contributed by atoms with E-state index in [4.69, 9.17) is 23.2 Å². The molecule has 158 valence electrons. The van der Waals surface area contributed by atoms with Crippen LogP contribution in [-0.2, 0) is 6.18 Å². The van der Waals surface area contributed by atoms with E-state index >= 15 is 0 Å². The molecule has 3 N–H and O–H groups in total. The second-order valence-corrected chi connectivity index (χ2v) is 6.97. The van der Waals surface area contributed by atoms with E-state index in [1.165, 1.54) is 24.7 Å². The van der Waals surface area contributed by atoms with Gasteiger partial charge in [0.05, 0.1) is 33.0 Å². The quantitative estimate of drug-likeness (QED) is 0.386. The van der Waals surface area contributed by atoms with Gasteiger partial charge in [0.15, 0.2) is 0 Å². The summed E-state index contributed by atoms with van der Waals surface area (Å²) in [7, 11) is 0. The van der Waals surface area contributed by atoms with Gasteiger partial charge in [0.2, 0.25) is 5.95 Å². The molecular weight excluding hydrogens is 458 g/mol. The summed E-state index contributed by atoms with van der Waals surface area (Å²) >= 11 is 12.1. The number of aromatic nitrogens is 5. The first-order valence-electron chi connectivity index (χ1n) is 8.47. The summed E-state index contributed by atoms with van der Waals surface area (Å²) in [4.78, 5) is 31.2. The Balaban J connectivity index is 1.56. The van der Waals surface area contributed by atoms with Gasteiger partial charge in [0, 0.05) is 18.6 Å². The molecule has 0 bridgehead atoms. The number of amides is 1. The number of anilines is 3. The van der Waals surface area contributed by atoms with Crippen LogP contribution in [-0.4, -0.2) is 30.8 Å². The zero-order valence-electron chi connectivity index (χ0n) is 15.1. The standard InChI is InChI=1S/C18H10Cl2F3N7O/c19-9-5-24-6-10(20)15(9)30-17-27-11-4-12(26-7-13(11)28-17)16(31)29-14-3-8(1-2-25-14)18(21,22)23/h1-7H,(H,25,29,31)(H2,24,27,28,30). The maximum absolute atomic E-state index is 12.8. The monoisotopic (exact) mass is 467 g/mol. The number of alkyl halides is 3. The summed E-state index contributed by atoms with van der Waals surface area (Å²) in [6, 6.07) is 2.93. The van der Waals surface area contributed by atoms with Crippen LogP contribution in [0.5, 0.6) is 0 Å². The number of nitrogens with zero attached hydrogens (tertiary/aromatic N) is 4. The SMILES string of the molecule is O=C(Nc1cc(C(F)(F)F)ccn1)c1cc2[nH]c(Nc3c(Cl)cncc3Cl)nc2cn1. The van der Waals surface area contributed by atoms with Crippen LogP contribution >= 0.6 is 23.2 Å². The molecule has 0 aliphatic heterocycles. The van der Waals surface area contributed by atoms with Crippen LogP contribution in [0.3, 0.4) is 0 Å². The molecule has 4 rings (SSSR count). The molecule has 0 radical (unpaired) electrons. The van der Waals surface area contributed by atoms with Crippen molar-refractivity contribution in [2.75, 3.05) is 10.6 Å². The molecule has 1 amide bonds. The Labute approximate surface area is 181 Å². The van der Waals surface area contributed by atoms with Crippen LogP contribution in [0.25, 0.3) is 11.0 Å². The molecule has 8 nitrogen and oxygen atoms in total. The van der Waals surface area contributed by atoms with Crippen LogP contribution in [0.2, 0.25) is 10.0 Å². The van der Waals surface area contributed by atoms with Gasteiger partial charge in [-0.15, -0.1) is 0 Å². The Bertz CT molecular complexity index is 1270. The Kier molecular flexibility index (Phi) is 5.38. The van der Waals surface area contributed by atoms with E-state index in [-0.39, 0.29) is 27.5 Å². The lowest BCUT2D eigenvalue weighted by Crippen LogP contribution is -2.15. The number of rotatable bonds is 4. The molecule has 13 heteroatoms. The third-order valence-corrected chi connectivity index (χ3v) is 4.60. The second kappa shape index (κ2) is 8.00. The van der Waals surface area contributed by atoms with Crippen LogP contribution < -0.4 is 10.6 Å². The number of nitrogens with one attached hydrogen (secondary N) is 3. The van der Waals surface area contributed by atoms with Gasteiger partial charge >= 0.3 is 6.18 Å². The van der Waals surface area contributed by atoms with E-state index < -0.39 is 17.6 Å². The van der Waals surface area contributed by atoms with E-state index in [9.17, 15) is 18.0 Å². The fraction of sp³-hybridized carbons (Fsp3) is 0.0556. The Morgan fingerprint density at radius 2 is 1.81 bits per heavy atom. The molecule has 4 aromatic rings. The van der Waals surface area contributed by atoms with Crippen molar-refractivity contribution >= 4 is 57.6 Å². The lowest BCUT2D eigenvalue weighted by atomic mass is 10.2. The molecule has 4 aromatic heterocycles. The first-order valence-corrected chi connectivity index (χ1v) is 9.22. The summed E-state index contributed by atoms with van der Waals surface area (Å²) in [5.74, 6) is -0.711. The van der Waals surface area contributed by atoms with Crippen molar-refractivity contribution in [2.24, 2.45) is 0 Å². The smallest absolute Gasteiger partial charge is 0.324 e. The summed E-state index contributed by atoms with van der Waals surface area (Å²) in [5, 5.41) is 5.77. The van der Waals surface area contributed by atoms with Crippen molar-refractivity contribution in [3.63, 3.8) is 0 Å². The Morgan fingerprint density at radius 1 is 1.06 bits per heavy atom. The van der Waals surface area contributed by atoms with E-state index in [0.717, 1.165) is 18.3 Å². The molecule has 0 spiro atoms. The highest BCUT2D eigenvalue weighted by molar-refractivity contribution is 6.39. The Morgan fingerprint density at radius 3 is 2.52 bits per heavy atom. The number of carbonyl (C=O) groups excluding carboxylic acids is 1. The number of H-pyrrole nitrogens is 1. The fourth-order valence-corrected chi connectivity index (χ4v) is 3.06. The van der Waals surface area contributed by atoms with E-state index in [0.29, 0.717) is 16.7 Å². The highest BCUT2D eigenvalue weighted by atomic mass is 35.5. The third-order valence-electron chi connectivity index (χ3n) is 4.03. The van der Waals surface area contributed by atoms with E-state index in [1.807, 2.05) is 0 Å². The second-order valence-electron chi connectivity index (χ2n) is 6.16. The number of aromatic amines is 1. The maximum atomic E-state index is 12.8. The number of hydrogen-bond donors (Lipinski definition) is 3. The van der Waals surface area contributed by atoms with Crippen LogP contribution in [0.15, 0.2) is 43.0 Å². The fourth-order valence-electron chi connectivity index (χ4n) is 2.60. The van der Waals surface area contributed by atoms with Gasteiger partial charge in [-0.05, 0) is 18.2 Å². The van der Waals surface area contributed by atoms with Crippen molar-refractivity contribution in [1.29, 1.82) is 0 Å². The predicted molar refractivity (Wildman–Crippen MR) is 109 cm³/mol. The highest BCUT2D eigenvalue weighted by Gasteiger charge is 2.31. The summed E-state index contributed by atoms with van der Waals surface area (Å²) in [5.41, 5.74) is 0.276. The van der Waals surface area contributed by atoms with Crippen LogP contribution in [0.4, 0.5) is 30.6 Å². The molecule has 0 saturated heterocycles. The Hall–Kier alpha value is -3.44. The van der Waals surface area contributed by atoms with E-state index in [2.05, 4.69) is 35.6 Å². The van der Waals surface area contributed by atoms with Crippen molar-refractivity contribution in [3.05, 3.63) is 64.3 Å². The average molecular weight is 468 g/mol. The molecular formula is C18H10Cl2F3N7O. The van der Waals surface area contributed by atoms with Crippen molar-refractivity contribution in [1.82, 2.24) is 24.9 Å². The summed E-state index contributed by atoms with van der Waals surface area (Å²) in [6.07, 6.45) is 0.548. The molecule has 0 saturated carbocycles. The average Bonchev–Trinajstić information content (AvgIpc) is 3.12. The van der Waals surface area contributed by atoms with Gasteiger partial charge in [-0.1, -0.05) is 23.2 Å². The molecule has 0 atom stereocenters. The predicted octanol–water partition coefficient (Wildman–Crippen LogP) is 5.07. The number of hydrogen-bond acceptors (Lipinski definition) is 6. The van der Waals surface area contributed by atoms with Gasteiger partial charge < -0.3 is 15.6 Å². The molecule has 0 aromatic carbocycles. The number of fused-ring (bicyclic) bond motifs is 1. The van der Waals surface area contributed by atoms with Gasteiger partial charge in [-0.25, -0.2) is 15.0 Å². The van der Waals surface area contributed by atoms with Gasteiger partial charge in [-0.3, -0.25) is 9.78 Å². The lowest BCUT2D eigenvalue weighted by molar-refractivity contribution is -0.137. The number of pyridine rings is 3. The number of halogens is 5. The molecule has 0 unspecified atom stereocenters. The van der Waals surface area contributed by atoms with Crippen LogP contribution in [0.1, 0.15) is 16.1 Å². The van der Waals surface area contributed by atoms with E-state index in [1.54, 1.807) is 0 Å². The minimum absolute atomic E-state index is 0.0538. The normalized spacial score (nSPS) is 11.5. The first-order chi connectivity index (χ1) is 14.7. The minimum Gasteiger partial charge on any atom is -0.324 e.